The smallest absolute Gasteiger partial charge is 0.312 e. The van der Waals surface area contributed by atoms with E-state index in [4.69, 9.17) is 4.74 Å². The number of methoxy groups -OCH3 is 1. The van der Waals surface area contributed by atoms with E-state index < -0.39 is 0 Å². The molecule has 6 heteroatoms. The highest BCUT2D eigenvalue weighted by Gasteiger charge is 2.24. The topological polar surface area (TPSA) is 69.9 Å². The molecule has 1 atom stereocenters. The Hall–Kier alpha value is -2.24. The summed E-state index contributed by atoms with van der Waals surface area (Å²) in [7, 11) is 1.39. The molecule has 19 heavy (non-hydrogen) atoms. The van der Waals surface area contributed by atoms with E-state index in [2.05, 4.69) is 15.1 Å². The zero-order chi connectivity index (χ0) is 14.0. The highest BCUT2D eigenvalue weighted by molar-refractivity contribution is 5.78. The van der Waals surface area contributed by atoms with Gasteiger partial charge in [0, 0.05) is 23.5 Å². The molecule has 0 N–H and O–H groups in total. The molecule has 0 saturated carbocycles. The number of carbonyl (C=O) groups is 1. The monoisotopic (exact) mass is 260 g/mol. The van der Waals surface area contributed by atoms with E-state index in [0.717, 1.165) is 17.0 Å². The quantitative estimate of drug-likeness (QED) is 0.783. The second-order valence-electron chi connectivity index (χ2n) is 4.31. The highest BCUT2D eigenvalue weighted by Crippen LogP contribution is 2.25. The van der Waals surface area contributed by atoms with Gasteiger partial charge in [0.2, 0.25) is 0 Å². The first-order valence-electron chi connectivity index (χ1n) is 5.96. The molecule has 0 fully saturated rings. The maximum atomic E-state index is 11.7. The average molecular weight is 260 g/mol. The molecular formula is C13H16N4O2. The molecule has 0 aromatic carbocycles. The number of aromatic nitrogens is 4. The van der Waals surface area contributed by atoms with Crippen LogP contribution in [-0.2, 0) is 9.53 Å². The van der Waals surface area contributed by atoms with Crippen LogP contribution >= 0.6 is 0 Å². The maximum Gasteiger partial charge on any atom is 0.312 e. The number of hydrogen-bond donors (Lipinski definition) is 0. The lowest BCUT2D eigenvalue weighted by Gasteiger charge is -2.10. The molecule has 2 aromatic heterocycles. The van der Waals surface area contributed by atoms with Crippen molar-refractivity contribution in [1.29, 1.82) is 0 Å². The van der Waals surface area contributed by atoms with Crippen molar-refractivity contribution >= 4 is 5.97 Å². The molecule has 0 aliphatic carbocycles. The van der Waals surface area contributed by atoms with Crippen molar-refractivity contribution in [2.45, 2.75) is 26.7 Å². The SMILES string of the molecule is COC(=O)C(C)c1c(C)nn(-c2ccncn2)c1C. The first kappa shape index (κ1) is 13.2. The summed E-state index contributed by atoms with van der Waals surface area (Å²) in [6.45, 7) is 5.60. The number of hydrogen-bond acceptors (Lipinski definition) is 5. The minimum Gasteiger partial charge on any atom is -0.469 e. The molecule has 0 aliphatic heterocycles. The molecule has 100 valence electrons. The van der Waals surface area contributed by atoms with E-state index in [9.17, 15) is 4.79 Å². The Morgan fingerprint density at radius 2 is 2.16 bits per heavy atom. The molecule has 0 spiro atoms. The number of carbonyl (C=O) groups excluding carboxylic acids is 1. The third-order valence-corrected chi connectivity index (χ3v) is 3.12. The van der Waals surface area contributed by atoms with Crippen LogP contribution in [0.15, 0.2) is 18.6 Å². The standard InChI is InChI=1S/C13H16N4O2/c1-8(13(18)19-4)12-9(2)16-17(10(12)3)11-5-6-14-7-15-11/h5-8H,1-4H3. The van der Waals surface area contributed by atoms with Crippen LogP contribution < -0.4 is 0 Å². The van der Waals surface area contributed by atoms with Crippen molar-refractivity contribution in [1.82, 2.24) is 19.7 Å². The van der Waals surface area contributed by atoms with Crippen LogP contribution in [0.1, 0.15) is 29.8 Å². The Morgan fingerprint density at radius 1 is 1.42 bits per heavy atom. The van der Waals surface area contributed by atoms with E-state index in [-0.39, 0.29) is 11.9 Å². The predicted octanol–water partition coefficient (Wildman–Crippen LogP) is 1.56. The average Bonchev–Trinajstić information content (AvgIpc) is 2.73. The van der Waals surface area contributed by atoms with E-state index >= 15 is 0 Å². The van der Waals surface area contributed by atoms with Gasteiger partial charge in [0.15, 0.2) is 5.82 Å². The fourth-order valence-corrected chi connectivity index (χ4v) is 2.21. The third-order valence-electron chi connectivity index (χ3n) is 3.12. The highest BCUT2D eigenvalue weighted by atomic mass is 16.5. The van der Waals surface area contributed by atoms with Crippen LogP contribution in [0.4, 0.5) is 0 Å². The minimum absolute atomic E-state index is 0.270. The summed E-state index contributed by atoms with van der Waals surface area (Å²) in [6.07, 6.45) is 3.12. The zero-order valence-electron chi connectivity index (χ0n) is 11.4. The van der Waals surface area contributed by atoms with Crippen molar-refractivity contribution in [3.05, 3.63) is 35.5 Å². The van der Waals surface area contributed by atoms with Crippen LogP contribution in [0.25, 0.3) is 5.82 Å². The third kappa shape index (κ3) is 2.33. The molecule has 0 bridgehead atoms. The number of nitrogens with zero attached hydrogens (tertiary/aromatic N) is 4. The normalized spacial score (nSPS) is 12.2. The van der Waals surface area contributed by atoms with Crippen LogP contribution in [-0.4, -0.2) is 32.8 Å². The Labute approximate surface area is 111 Å². The van der Waals surface area contributed by atoms with Gasteiger partial charge in [-0.1, -0.05) is 0 Å². The Kier molecular flexibility index (Phi) is 3.59. The largest absolute Gasteiger partial charge is 0.469 e. The molecular weight excluding hydrogens is 244 g/mol. The number of aryl methyl sites for hydroxylation is 1. The lowest BCUT2D eigenvalue weighted by atomic mass is 9.99. The van der Waals surface area contributed by atoms with E-state index in [0.29, 0.717) is 5.82 Å². The van der Waals surface area contributed by atoms with Crippen LogP contribution in [0.2, 0.25) is 0 Å². The zero-order valence-corrected chi connectivity index (χ0v) is 11.4. The molecule has 2 heterocycles. The maximum absolute atomic E-state index is 11.7. The van der Waals surface area contributed by atoms with Gasteiger partial charge >= 0.3 is 5.97 Å². The van der Waals surface area contributed by atoms with Crippen molar-refractivity contribution in [3.8, 4) is 5.82 Å². The Bertz CT molecular complexity index is 592. The molecule has 2 rings (SSSR count). The summed E-state index contributed by atoms with van der Waals surface area (Å²) in [5.74, 6) is 0.0629. The van der Waals surface area contributed by atoms with E-state index in [1.165, 1.54) is 13.4 Å². The molecule has 0 saturated heterocycles. The number of ether oxygens (including phenoxy) is 1. The molecule has 2 aromatic rings. The van der Waals surface area contributed by atoms with Crippen LogP contribution in [0.3, 0.4) is 0 Å². The Balaban J connectivity index is 2.49. The summed E-state index contributed by atoms with van der Waals surface area (Å²) in [6, 6.07) is 1.77. The molecule has 0 amide bonds. The number of esters is 1. The van der Waals surface area contributed by atoms with Gasteiger partial charge in [0.25, 0.3) is 0 Å². The fourth-order valence-electron chi connectivity index (χ4n) is 2.21. The summed E-state index contributed by atoms with van der Waals surface area (Å²) in [4.78, 5) is 19.7. The summed E-state index contributed by atoms with van der Waals surface area (Å²) in [5.41, 5.74) is 2.56. The van der Waals surface area contributed by atoms with Gasteiger partial charge in [0.1, 0.15) is 6.33 Å². The molecule has 0 aliphatic rings. The lowest BCUT2D eigenvalue weighted by Crippen LogP contribution is -2.12. The number of rotatable bonds is 3. The summed E-state index contributed by atoms with van der Waals surface area (Å²) in [5, 5.41) is 4.44. The van der Waals surface area contributed by atoms with E-state index in [1.807, 2.05) is 20.8 Å². The summed E-state index contributed by atoms with van der Waals surface area (Å²) < 4.78 is 6.50. The second kappa shape index (κ2) is 5.17. The molecule has 1 unspecified atom stereocenters. The molecule has 6 nitrogen and oxygen atoms in total. The van der Waals surface area contributed by atoms with Gasteiger partial charge < -0.3 is 4.74 Å². The van der Waals surface area contributed by atoms with Crippen LogP contribution in [0.5, 0.6) is 0 Å². The van der Waals surface area contributed by atoms with Crippen molar-refractivity contribution in [3.63, 3.8) is 0 Å². The van der Waals surface area contributed by atoms with Gasteiger partial charge in [-0.2, -0.15) is 5.10 Å². The van der Waals surface area contributed by atoms with Gasteiger partial charge in [-0.25, -0.2) is 14.6 Å². The minimum atomic E-state index is -0.347. The first-order chi connectivity index (χ1) is 9.06. The predicted molar refractivity (Wildman–Crippen MR) is 69.1 cm³/mol. The van der Waals surface area contributed by atoms with Crippen LogP contribution in [0, 0.1) is 13.8 Å². The second-order valence-corrected chi connectivity index (χ2v) is 4.31. The van der Waals surface area contributed by atoms with Gasteiger partial charge in [-0.3, -0.25) is 4.79 Å². The van der Waals surface area contributed by atoms with Gasteiger partial charge in [-0.15, -0.1) is 0 Å². The van der Waals surface area contributed by atoms with E-state index in [1.54, 1.807) is 16.9 Å². The van der Waals surface area contributed by atoms with Gasteiger partial charge in [0.05, 0.1) is 18.7 Å². The Morgan fingerprint density at radius 3 is 2.74 bits per heavy atom. The van der Waals surface area contributed by atoms with Crippen molar-refractivity contribution < 1.29 is 9.53 Å². The van der Waals surface area contributed by atoms with Gasteiger partial charge in [-0.05, 0) is 20.8 Å². The fraction of sp³-hybridized carbons (Fsp3) is 0.385. The van der Waals surface area contributed by atoms with Crippen molar-refractivity contribution in [2.75, 3.05) is 7.11 Å². The van der Waals surface area contributed by atoms with Crippen molar-refractivity contribution in [2.24, 2.45) is 0 Å². The lowest BCUT2D eigenvalue weighted by molar-refractivity contribution is -0.142. The molecule has 0 radical (unpaired) electrons. The first-order valence-corrected chi connectivity index (χ1v) is 5.96. The summed E-state index contributed by atoms with van der Waals surface area (Å²) >= 11 is 0.